The first-order chi connectivity index (χ1) is 16.1. The number of aromatic nitrogens is 3. The number of fused-ring (bicyclic) bond motifs is 1. The van der Waals surface area contributed by atoms with E-state index in [9.17, 15) is 4.79 Å². The zero-order valence-corrected chi connectivity index (χ0v) is 18.1. The van der Waals surface area contributed by atoms with Crippen LogP contribution in [-0.2, 0) is 9.53 Å². The van der Waals surface area contributed by atoms with Crippen LogP contribution < -0.4 is 20.7 Å². The van der Waals surface area contributed by atoms with Gasteiger partial charge in [0.2, 0.25) is 11.9 Å². The number of hydrogen-bond acceptors (Lipinski definition) is 7. The maximum atomic E-state index is 11.6. The van der Waals surface area contributed by atoms with E-state index in [1.165, 1.54) is 6.08 Å². The smallest absolute Gasteiger partial charge is 0.247 e. The Balaban J connectivity index is 1.53. The largest absolute Gasteiger partial charge is 0.491 e. The van der Waals surface area contributed by atoms with Crippen LogP contribution in [0.25, 0.3) is 11.0 Å². The van der Waals surface area contributed by atoms with E-state index in [4.69, 9.17) is 9.47 Å². The van der Waals surface area contributed by atoms with Crippen molar-refractivity contribution in [1.29, 1.82) is 0 Å². The fraction of sp³-hybridized carbons (Fsp3) is 0.125. The monoisotopic (exact) mass is 444 g/mol. The van der Waals surface area contributed by atoms with Gasteiger partial charge in [-0.05, 0) is 54.6 Å². The minimum atomic E-state index is -0.274. The predicted molar refractivity (Wildman–Crippen MR) is 130 cm³/mol. The van der Waals surface area contributed by atoms with Gasteiger partial charge in [0.1, 0.15) is 23.8 Å². The molecule has 0 fully saturated rings. The molecule has 168 valence electrons. The minimum Gasteiger partial charge on any atom is -0.491 e. The number of methoxy groups -OCH3 is 1. The van der Waals surface area contributed by atoms with Crippen LogP contribution in [0, 0.1) is 0 Å². The molecule has 0 bridgehead atoms. The van der Waals surface area contributed by atoms with E-state index in [1.807, 2.05) is 48.5 Å². The zero-order valence-electron chi connectivity index (χ0n) is 18.1. The molecule has 33 heavy (non-hydrogen) atoms. The normalized spacial score (nSPS) is 10.6. The lowest BCUT2D eigenvalue weighted by atomic mass is 10.2. The molecule has 2 aromatic heterocycles. The minimum absolute atomic E-state index is 0.274. The van der Waals surface area contributed by atoms with Crippen LogP contribution in [0.5, 0.6) is 5.75 Å². The molecule has 9 nitrogen and oxygen atoms in total. The van der Waals surface area contributed by atoms with Crippen LogP contribution in [0.15, 0.2) is 73.4 Å². The summed E-state index contributed by atoms with van der Waals surface area (Å²) < 4.78 is 10.6. The molecule has 4 rings (SSSR count). The van der Waals surface area contributed by atoms with Gasteiger partial charge in [-0.1, -0.05) is 12.6 Å². The first-order valence-corrected chi connectivity index (χ1v) is 10.3. The summed E-state index contributed by atoms with van der Waals surface area (Å²) in [6.45, 7) is 4.49. The lowest BCUT2D eigenvalue weighted by Gasteiger charge is -2.12. The Morgan fingerprint density at radius 1 is 1.03 bits per heavy atom. The maximum absolute atomic E-state index is 11.6. The van der Waals surface area contributed by atoms with E-state index in [0.717, 1.165) is 22.5 Å². The van der Waals surface area contributed by atoms with E-state index in [0.29, 0.717) is 36.3 Å². The molecule has 0 aliphatic carbocycles. The lowest BCUT2D eigenvalue weighted by Crippen LogP contribution is -2.07. The first-order valence-electron chi connectivity index (χ1n) is 10.3. The summed E-state index contributed by atoms with van der Waals surface area (Å²) in [6, 6.07) is 16.8. The summed E-state index contributed by atoms with van der Waals surface area (Å²) in [5.41, 5.74) is 2.92. The molecule has 0 spiro atoms. The van der Waals surface area contributed by atoms with Gasteiger partial charge in [-0.3, -0.25) is 4.79 Å². The van der Waals surface area contributed by atoms with Crippen LogP contribution in [0.1, 0.15) is 0 Å². The van der Waals surface area contributed by atoms with Crippen molar-refractivity contribution in [1.82, 2.24) is 15.0 Å². The summed E-state index contributed by atoms with van der Waals surface area (Å²) in [4.78, 5) is 23.9. The molecule has 9 heteroatoms. The second kappa shape index (κ2) is 10.3. The molecule has 2 heterocycles. The topological polar surface area (TPSA) is 113 Å². The van der Waals surface area contributed by atoms with Crippen LogP contribution in [-0.4, -0.2) is 41.2 Å². The zero-order chi connectivity index (χ0) is 23.0. The number of ether oxygens (including phenoxy) is 2. The number of rotatable bonds is 10. The third-order valence-electron chi connectivity index (χ3n) is 4.66. The number of hydrogen-bond donors (Lipinski definition) is 4. The maximum Gasteiger partial charge on any atom is 0.247 e. The number of benzene rings is 2. The molecule has 0 radical (unpaired) electrons. The highest BCUT2D eigenvalue weighted by atomic mass is 16.5. The van der Waals surface area contributed by atoms with Gasteiger partial charge in [-0.2, -0.15) is 9.97 Å². The van der Waals surface area contributed by atoms with E-state index in [1.54, 1.807) is 19.4 Å². The van der Waals surface area contributed by atoms with Crippen molar-refractivity contribution in [2.24, 2.45) is 0 Å². The number of carbonyl (C=O) groups excluding carboxylic acids is 1. The van der Waals surface area contributed by atoms with Crippen molar-refractivity contribution in [3.63, 3.8) is 0 Å². The lowest BCUT2D eigenvalue weighted by molar-refractivity contribution is -0.111. The van der Waals surface area contributed by atoms with Gasteiger partial charge in [-0.25, -0.2) is 0 Å². The molecule has 0 atom stereocenters. The highest BCUT2D eigenvalue weighted by Crippen LogP contribution is 2.27. The summed E-state index contributed by atoms with van der Waals surface area (Å²) in [7, 11) is 1.64. The molecule has 1 amide bonds. The van der Waals surface area contributed by atoms with E-state index >= 15 is 0 Å². The van der Waals surface area contributed by atoms with Crippen molar-refractivity contribution in [2.45, 2.75) is 0 Å². The average molecular weight is 444 g/mol. The Labute approximate surface area is 190 Å². The molecule has 2 aromatic carbocycles. The number of anilines is 5. The average Bonchev–Trinajstić information content (AvgIpc) is 3.30. The van der Waals surface area contributed by atoms with Gasteiger partial charge >= 0.3 is 0 Å². The van der Waals surface area contributed by atoms with Gasteiger partial charge in [0, 0.05) is 30.4 Å². The molecular formula is C24H24N6O3. The Bertz CT molecular complexity index is 1250. The van der Waals surface area contributed by atoms with Crippen molar-refractivity contribution in [3.05, 3.63) is 73.4 Å². The quantitative estimate of drug-likeness (QED) is 0.209. The molecule has 0 saturated carbocycles. The van der Waals surface area contributed by atoms with Crippen LogP contribution in [0.4, 0.5) is 28.8 Å². The van der Waals surface area contributed by atoms with Gasteiger partial charge < -0.3 is 30.4 Å². The van der Waals surface area contributed by atoms with Gasteiger partial charge in [-0.15, -0.1) is 0 Å². The third kappa shape index (κ3) is 5.66. The fourth-order valence-electron chi connectivity index (χ4n) is 3.10. The number of aromatic amines is 1. The molecular weight excluding hydrogens is 420 g/mol. The highest BCUT2D eigenvalue weighted by molar-refractivity contribution is 5.99. The van der Waals surface area contributed by atoms with Gasteiger partial charge in [0.25, 0.3) is 0 Å². The summed E-state index contributed by atoms with van der Waals surface area (Å²) in [5.74, 6) is 1.53. The standard InChI is InChI=1S/C24H24N6O3/c1-3-21(31)26-17-5-4-6-18(15-17)27-23-20-11-12-25-22(20)29-24(30-23)28-16-7-9-19(10-8-16)33-14-13-32-2/h3-12,15H,1,13-14H2,2H3,(H,26,31)(H3,25,27,28,29,30). The molecule has 0 saturated heterocycles. The molecule has 4 aromatic rings. The van der Waals surface area contributed by atoms with Crippen molar-refractivity contribution >= 4 is 45.8 Å². The summed E-state index contributed by atoms with van der Waals surface area (Å²) in [5, 5.41) is 10.1. The van der Waals surface area contributed by atoms with Crippen molar-refractivity contribution in [2.75, 3.05) is 36.3 Å². The van der Waals surface area contributed by atoms with E-state index in [2.05, 4.69) is 37.5 Å². The Kier molecular flexibility index (Phi) is 6.81. The first kappa shape index (κ1) is 21.8. The van der Waals surface area contributed by atoms with Crippen LogP contribution >= 0.6 is 0 Å². The second-order valence-corrected chi connectivity index (χ2v) is 7.03. The SMILES string of the molecule is C=CC(=O)Nc1cccc(Nc2nc(Nc3ccc(OCCOC)cc3)nc3[nH]ccc23)c1. The highest BCUT2D eigenvalue weighted by Gasteiger charge is 2.10. The van der Waals surface area contributed by atoms with Crippen LogP contribution in [0.2, 0.25) is 0 Å². The Morgan fingerprint density at radius 3 is 2.64 bits per heavy atom. The molecule has 0 unspecified atom stereocenters. The van der Waals surface area contributed by atoms with Gasteiger partial charge in [0.15, 0.2) is 0 Å². The number of nitrogens with one attached hydrogen (secondary N) is 4. The predicted octanol–water partition coefficient (Wildman–Crippen LogP) is 4.59. The number of nitrogens with zero attached hydrogens (tertiary/aromatic N) is 2. The Hall–Kier alpha value is -4.37. The molecule has 0 aliphatic heterocycles. The summed E-state index contributed by atoms with van der Waals surface area (Å²) in [6.07, 6.45) is 3.03. The van der Waals surface area contributed by atoms with E-state index in [-0.39, 0.29) is 5.91 Å². The second-order valence-electron chi connectivity index (χ2n) is 7.03. The number of carbonyl (C=O) groups is 1. The van der Waals surface area contributed by atoms with Gasteiger partial charge in [0.05, 0.1) is 12.0 Å². The van der Waals surface area contributed by atoms with Crippen LogP contribution in [0.3, 0.4) is 0 Å². The number of H-pyrrole nitrogens is 1. The molecule has 0 aliphatic rings. The third-order valence-corrected chi connectivity index (χ3v) is 4.66. The molecule has 4 N–H and O–H groups in total. The number of amides is 1. The summed E-state index contributed by atoms with van der Waals surface area (Å²) >= 11 is 0. The van der Waals surface area contributed by atoms with Crippen molar-refractivity contribution < 1.29 is 14.3 Å². The Morgan fingerprint density at radius 2 is 1.85 bits per heavy atom. The van der Waals surface area contributed by atoms with E-state index < -0.39 is 0 Å². The van der Waals surface area contributed by atoms with Crippen molar-refractivity contribution in [3.8, 4) is 5.75 Å². The fourth-order valence-corrected chi connectivity index (χ4v) is 3.10.